The molecule has 0 atom stereocenters. The highest BCUT2D eigenvalue weighted by Crippen LogP contribution is 2.19. The van der Waals surface area contributed by atoms with Crippen LogP contribution in [0.1, 0.15) is 24.0 Å². The summed E-state index contributed by atoms with van der Waals surface area (Å²) >= 11 is 0. The highest BCUT2D eigenvalue weighted by atomic mass is 15.1. The van der Waals surface area contributed by atoms with Gasteiger partial charge in [0.15, 0.2) is 0 Å². The van der Waals surface area contributed by atoms with Crippen LogP contribution in [-0.4, -0.2) is 43.5 Å². The molecule has 0 bridgehead atoms. The highest BCUT2D eigenvalue weighted by Gasteiger charge is 2.19. The van der Waals surface area contributed by atoms with Crippen LogP contribution in [0.15, 0.2) is 24.3 Å². The second kappa shape index (κ2) is 6.70. The number of nitriles is 1. The fourth-order valence-electron chi connectivity index (χ4n) is 2.84. The van der Waals surface area contributed by atoms with Crippen molar-refractivity contribution in [1.82, 2.24) is 9.80 Å². The van der Waals surface area contributed by atoms with Crippen LogP contribution in [0.3, 0.4) is 0 Å². The van der Waals surface area contributed by atoms with E-state index in [9.17, 15) is 0 Å². The van der Waals surface area contributed by atoms with Crippen molar-refractivity contribution >= 4 is 0 Å². The zero-order valence-electron chi connectivity index (χ0n) is 12.0. The first kappa shape index (κ1) is 14.0. The molecule has 0 spiro atoms. The summed E-state index contributed by atoms with van der Waals surface area (Å²) in [6.45, 7) is 4.53. The first-order valence-electron chi connectivity index (χ1n) is 7.03. The Morgan fingerprint density at radius 3 is 2.68 bits per heavy atom. The molecule has 1 saturated heterocycles. The van der Waals surface area contributed by atoms with E-state index >= 15 is 0 Å². The smallest absolute Gasteiger partial charge is 0.0991 e. The van der Waals surface area contributed by atoms with Gasteiger partial charge in [0.2, 0.25) is 0 Å². The Hall–Kier alpha value is -1.37. The van der Waals surface area contributed by atoms with Gasteiger partial charge in [-0.05, 0) is 63.6 Å². The summed E-state index contributed by atoms with van der Waals surface area (Å²) in [4.78, 5) is 4.79. The van der Waals surface area contributed by atoms with Crippen molar-refractivity contribution in [3.8, 4) is 6.07 Å². The van der Waals surface area contributed by atoms with Gasteiger partial charge in [-0.15, -0.1) is 0 Å². The highest BCUT2D eigenvalue weighted by molar-refractivity contribution is 5.32. The second-order valence-corrected chi connectivity index (χ2v) is 5.79. The SMILES string of the molecule is CN(C)CC1CCN(Cc2cccc(C#N)c2)CC1. The van der Waals surface area contributed by atoms with Gasteiger partial charge in [0.1, 0.15) is 0 Å². The van der Waals surface area contributed by atoms with E-state index in [0.717, 1.165) is 18.0 Å². The lowest BCUT2D eigenvalue weighted by Gasteiger charge is -2.33. The van der Waals surface area contributed by atoms with Crippen LogP contribution < -0.4 is 0 Å². The average molecular weight is 257 g/mol. The van der Waals surface area contributed by atoms with E-state index in [-0.39, 0.29) is 0 Å². The lowest BCUT2D eigenvalue weighted by atomic mass is 9.96. The van der Waals surface area contributed by atoms with E-state index < -0.39 is 0 Å². The van der Waals surface area contributed by atoms with E-state index in [2.05, 4.69) is 36.0 Å². The third-order valence-corrected chi connectivity index (χ3v) is 3.79. The summed E-state index contributed by atoms with van der Waals surface area (Å²) in [5.41, 5.74) is 2.02. The minimum atomic E-state index is 0.764. The molecule has 0 amide bonds. The van der Waals surface area contributed by atoms with Crippen molar-refractivity contribution < 1.29 is 0 Å². The predicted molar refractivity (Wildman–Crippen MR) is 77.7 cm³/mol. The summed E-state index contributed by atoms with van der Waals surface area (Å²) in [5, 5.41) is 8.92. The van der Waals surface area contributed by atoms with Gasteiger partial charge in [-0.1, -0.05) is 12.1 Å². The Morgan fingerprint density at radius 2 is 2.05 bits per heavy atom. The number of benzene rings is 1. The van der Waals surface area contributed by atoms with E-state index in [4.69, 9.17) is 5.26 Å². The maximum absolute atomic E-state index is 8.92. The molecule has 1 aliphatic heterocycles. The summed E-state index contributed by atoms with van der Waals surface area (Å²) in [5.74, 6) is 0.844. The first-order valence-corrected chi connectivity index (χ1v) is 7.03. The molecule has 0 radical (unpaired) electrons. The summed E-state index contributed by atoms with van der Waals surface area (Å²) in [6.07, 6.45) is 2.58. The molecule has 19 heavy (non-hydrogen) atoms. The van der Waals surface area contributed by atoms with Gasteiger partial charge in [0.25, 0.3) is 0 Å². The Labute approximate surface area is 116 Å². The van der Waals surface area contributed by atoms with Gasteiger partial charge in [0, 0.05) is 13.1 Å². The molecule has 0 aliphatic carbocycles. The lowest BCUT2D eigenvalue weighted by molar-refractivity contribution is 0.157. The zero-order valence-corrected chi connectivity index (χ0v) is 12.0. The summed E-state index contributed by atoms with van der Waals surface area (Å²) < 4.78 is 0. The maximum atomic E-state index is 8.92. The molecule has 1 heterocycles. The van der Waals surface area contributed by atoms with Crippen LogP contribution in [-0.2, 0) is 6.54 Å². The first-order chi connectivity index (χ1) is 9.17. The molecule has 0 N–H and O–H groups in total. The third-order valence-electron chi connectivity index (χ3n) is 3.79. The molecule has 0 aromatic heterocycles. The molecule has 1 aliphatic rings. The van der Waals surface area contributed by atoms with E-state index in [1.807, 2.05) is 18.2 Å². The average Bonchev–Trinajstić information content (AvgIpc) is 2.41. The Balaban J connectivity index is 1.84. The number of hydrogen-bond acceptors (Lipinski definition) is 3. The molecule has 1 aromatic rings. The van der Waals surface area contributed by atoms with Crippen LogP contribution in [0, 0.1) is 17.2 Å². The molecule has 3 heteroatoms. The molecule has 102 valence electrons. The summed E-state index contributed by atoms with van der Waals surface area (Å²) in [6, 6.07) is 10.2. The summed E-state index contributed by atoms with van der Waals surface area (Å²) in [7, 11) is 4.31. The van der Waals surface area contributed by atoms with Gasteiger partial charge >= 0.3 is 0 Å². The van der Waals surface area contributed by atoms with Crippen molar-refractivity contribution in [3.63, 3.8) is 0 Å². The Kier molecular flexibility index (Phi) is 4.95. The monoisotopic (exact) mass is 257 g/mol. The molecule has 0 saturated carbocycles. The van der Waals surface area contributed by atoms with Gasteiger partial charge in [0.05, 0.1) is 11.6 Å². The largest absolute Gasteiger partial charge is 0.309 e. The fourth-order valence-corrected chi connectivity index (χ4v) is 2.84. The standard InChI is InChI=1S/C16H23N3/c1-18(2)12-14-6-8-19(9-7-14)13-16-5-3-4-15(10-16)11-17/h3-5,10,14H,6-9,12-13H2,1-2H3. The normalized spacial score (nSPS) is 17.6. The molecule has 1 aromatic carbocycles. The number of likely N-dealkylation sites (tertiary alicyclic amines) is 1. The van der Waals surface area contributed by atoms with Crippen LogP contribution >= 0.6 is 0 Å². The molecule has 2 rings (SSSR count). The van der Waals surface area contributed by atoms with Crippen molar-refractivity contribution in [1.29, 1.82) is 5.26 Å². The van der Waals surface area contributed by atoms with E-state index in [1.165, 1.54) is 38.0 Å². The Morgan fingerprint density at radius 1 is 1.32 bits per heavy atom. The van der Waals surface area contributed by atoms with Crippen molar-refractivity contribution in [2.75, 3.05) is 33.7 Å². The van der Waals surface area contributed by atoms with E-state index in [1.54, 1.807) is 0 Å². The second-order valence-electron chi connectivity index (χ2n) is 5.79. The van der Waals surface area contributed by atoms with Crippen LogP contribution in [0.5, 0.6) is 0 Å². The molecular weight excluding hydrogens is 234 g/mol. The quantitative estimate of drug-likeness (QED) is 0.829. The van der Waals surface area contributed by atoms with Crippen molar-refractivity contribution in [3.05, 3.63) is 35.4 Å². The molecule has 1 fully saturated rings. The maximum Gasteiger partial charge on any atom is 0.0991 e. The molecule has 3 nitrogen and oxygen atoms in total. The minimum absolute atomic E-state index is 0.764. The van der Waals surface area contributed by atoms with Gasteiger partial charge < -0.3 is 4.90 Å². The van der Waals surface area contributed by atoms with Crippen LogP contribution in [0.4, 0.5) is 0 Å². The molecular formula is C16H23N3. The van der Waals surface area contributed by atoms with E-state index in [0.29, 0.717) is 0 Å². The minimum Gasteiger partial charge on any atom is -0.309 e. The van der Waals surface area contributed by atoms with Gasteiger partial charge in [-0.2, -0.15) is 5.26 Å². The van der Waals surface area contributed by atoms with Crippen molar-refractivity contribution in [2.24, 2.45) is 5.92 Å². The number of piperidine rings is 1. The fraction of sp³-hybridized carbons (Fsp3) is 0.562. The van der Waals surface area contributed by atoms with Crippen LogP contribution in [0.2, 0.25) is 0 Å². The van der Waals surface area contributed by atoms with Gasteiger partial charge in [-0.25, -0.2) is 0 Å². The van der Waals surface area contributed by atoms with Gasteiger partial charge in [-0.3, -0.25) is 4.90 Å². The predicted octanol–water partition coefficient (Wildman–Crippen LogP) is 2.33. The Bertz CT molecular complexity index is 440. The lowest BCUT2D eigenvalue weighted by Crippen LogP contribution is -2.36. The van der Waals surface area contributed by atoms with Crippen molar-refractivity contribution in [2.45, 2.75) is 19.4 Å². The number of rotatable bonds is 4. The number of nitrogens with zero attached hydrogens (tertiary/aromatic N) is 3. The van der Waals surface area contributed by atoms with Crippen LogP contribution in [0.25, 0.3) is 0 Å². The number of hydrogen-bond donors (Lipinski definition) is 0. The molecule has 0 unspecified atom stereocenters. The topological polar surface area (TPSA) is 30.3 Å². The zero-order chi connectivity index (χ0) is 13.7. The third kappa shape index (κ3) is 4.34.